The second-order valence-corrected chi connectivity index (χ2v) is 7.66. The predicted octanol–water partition coefficient (Wildman–Crippen LogP) is 3.69. The molecule has 0 aliphatic carbocycles. The molecular formula is C21H21ClN2O6S. The maximum absolute atomic E-state index is 13.0. The topological polar surface area (TPSA) is 88.4 Å². The number of hydrogen-bond acceptors (Lipinski definition) is 7. The highest BCUT2D eigenvalue weighted by atomic mass is 35.5. The molecule has 2 aromatic carbocycles. The molecule has 0 aliphatic rings. The fourth-order valence-electron chi connectivity index (χ4n) is 2.98. The highest BCUT2D eigenvalue weighted by Crippen LogP contribution is 2.38. The van der Waals surface area contributed by atoms with Gasteiger partial charge in [-0.2, -0.15) is 4.99 Å². The first-order valence-corrected chi connectivity index (χ1v) is 10.4. The van der Waals surface area contributed by atoms with Crippen LogP contribution in [0.3, 0.4) is 0 Å². The molecule has 164 valence electrons. The Morgan fingerprint density at radius 1 is 1.06 bits per heavy atom. The lowest BCUT2D eigenvalue weighted by Crippen LogP contribution is -2.23. The molecule has 1 amide bonds. The number of rotatable bonds is 7. The molecule has 8 nitrogen and oxygen atoms in total. The van der Waals surface area contributed by atoms with E-state index in [2.05, 4.69) is 4.99 Å². The maximum Gasteiger partial charge on any atom is 0.326 e. The van der Waals surface area contributed by atoms with Crippen molar-refractivity contribution in [3.8, 4) is 17.2 Å². The van der Waals surface area contributed by atoms with Crippen molar-refractivity contribution < 1.29 is 28.5 Å². The summed E-state index contributed by atoms with van der Waals surface area (Å²) in [5.41, 5.74) is 0.964. The van der Waals surface area contributed by atoms with Gasteiger partial charge in [0, 0.05) is 10.6 Å². The largest absolute Gasteiger partial charge is 0.493 e. The van der Waals surface area contributed by atoms with Gasteiger partial charge in [-0.1, -0.05) is 22.9 Å². The van der Waals surface area contributed by atoms with Crippen LogP contribution >= 0.6 is 22.9 Å². The summed E-state index contributed by atoms with van der Waals surface area (Å²) in [7, 11) is 4.41. The van der Waals surface area contributed by atoms with Crippen molar-refractivity contribution in [2.75, 3.05) is 27.9 Å². The van der Waals surface area contributed by atoms with Crippen molar-refractivity contribution in [3.05, 3.63) is 45.7 Å². The summed E-state index contributed by atoms with van der Waals surface area (Å²) in [5, 5.41) is 0.541. The number of thiazole rings is 1. The van der Waals surface area contributed by atoms with E-state index in [9.17, 15) is 9.59 Å². The Bertz CT molecular complexity index is 1180. The fourth-order valence-corrected chi connectivity index (χ4v) is 4.28. The van der Waals surface area contributed by atoms with E-state index in [4.69, 9.17) is 30.5 Å². The summed E-state index contributed by atoms with van der Waals surface area (Å²) in [5.74, 6) is 0.0784. The van der Waals surface area contributed by atoms with Crippen LogP contribution in [0.5, 0.6) is 17.2 Å². The summed E-state index contributed by atoms with van der Waals surface area (Å²) >= 11 is 7.35. The van der Waals surface area contributed by atoms with E-state index in [1.807, 2.05) is 0 Å². The molecule has 0 atom stereocenters. The normalized spacial score (nSPS) is 11.5. The van der Waals surface area contributed by atoms with Gasteiger partial charge in [-0.15, -0.1) is 0 Å². The monoisotopic (exact) mass is 464 g/mol. The number of aromatic nitrogens is 1. The van der Waals surface area contributed by atoms with E-state index >= 15 is 0 Å². The third-order valence-corrected chi connectivity index (χ3v) is 5.62. The third kappa shape index (κ3) is 4.83. The molecular weight excluding hydrogens is 444 g/mol. The van der Waals surface area contributed by atoms with Gasteiger partial charge in [0.15, 0.2) is 16.3 Å². The second kappa shape index (κ2) is 9.84. The van der Waals surface area contributed by atoms with Crippen molar-refractivity contribution >= 4 is 45.0 Å². The number of benzene rings is 2. The lowest BCUT2D eigenvalue weighted by molar-refractivity contribution is -0.143. The zero-order chi connectivity index (χ0) is 22.5. The van der Waals surface area contributed by atoms with Crippen LogP contribution in [0.1, 0.15) is 17.3 Å². The number of ether oxygens (including phenoxy) is 4. The summed E-state index contributed by atoms with van der Waals surface area (Å²) < 4.78 is 23.4. The first-order chi connectivity index (χ1) is 14.9. The molecule has 1 aromatic heterocycles. The number of hydrogen-bond donors (Lipinski definition) is 0. The van der Waals surface area contributed by atoms with Gasteiger partial charge in [-0.3, -0.25) is 9.59 Å². The molecule has 0 spiro atoms. The van der Waals surface area contributed by atoms with Gasteiger partial charge >= 0.3 is 5.97 Å². The van der Waals surface area contributed by atoms with Crippen molar-refractivity contribution in [2.45, 2.75) is 13.5 Å². The first-order valence-electron chi connectivity index (χ1n) is 9.25. The van der Waals surface area contributed by atoms with Gasteiger partial charge in [0.1, 0.15) is 6.54 Å². The number of esters is 1. The molecule has 0 aliphatic heterocycles. The number of methoxy groups -OCH3 is 3. The van der Waals surface area contributed by atoms with E-state index in [1.165, 1.54) is 44.8 Å². The Labute approximate surface area is 187 Å². The number of amides is 1. The lowest BCUT2D eigenvalue weighted by atomic mass is 10.1. The average Bonchev–Trinajstić information content (AvgIpc) is 3.08. The van der Waals surface area contributed by atoms with Crippen molar-refractivity contribution in [1.29, 1.82) is 0 Å². The van der Waals surface area contributed by atoms with Crippen molar-refractivity contribution in [1.82, 2.24) is 4.57 Å². The van der Waals surface area contributed by atoms with Crippen LogP contribution in [0.2, 0.25) is 5.02 Å². The van der Waals surface area contributed by atoms with Crippen LogP contribution < -0.4 is 19.0 Å². The minimum absolute atomic E-state index is 0.0865. The Balaban J connectivity index is 2.13. The van der Waals surface area contributed by atoms with Gasteiger partial charge in [-0.05, 0) is 37.3 Å². The van der Waals surface area contributed by atoms with Crippen LogP contribution in [0, 0.1) is 0 Å². The minimum atomic E-state index is -0.533. The highest BCUT2D eigenvalue weighted by molar-refractivity contribution is 7.16. The average molecular weight is 465 g/mol. The molecule has 0 N–H and O–H groups in total. The lowest BCUT2D eigenvalue weighted by Gasteiger charge is -2.12. The van der Waals surface area contributed by atoms with E-state index in [0.29, 0.717) is 27.1 Å². The molecule has 31 heavy (non-hydrogen) atoms. The number of fused-ring (bicyclic) bond motifs is 1. The SMILES string of the molecule is CCOC(=O)Cn1c(=NC(=O)c2cc(OC)c(OC)c(OC)c2)sc2cc(Cl)ccc21. The number of carbonyl (C=O) groups is 2. The number of halogens is 1. The van der Waals surface area contributed by atoms with Gasteiger partial charge in [-0.25, -0.2) is 0 Å². The van der Waals surface area contributed by atoms with Crippen LogP contribution in [-0.4, -0.2) is 44.4 Å². The zero-order valence-corrected chi connectivity index (χ0v) is 19.0. The molecule has 0 fully saturated rings. The minimum Gasteiger partial charge on any atom is -0.493 e. The zero-order valence-electron chi connectivity index (χ0n) is 17.4. The van der Waals surface area contributed by atoms with Crippen LogP contribution in [-0.2, 0) is 16.1 Å². The predicted molar refractivity (Wildman–Crippen MR) is 117 cm³/mol. The van der Waals surface area contributed by atoms with Crippen molar-refractivity contribution in [3.63, 3.8) is 0 Å². The van der Waals surface area contributed by atoms with Gasteiger partial charge in [0.2, 0.25) is 5.75 Å². The van der Waals surface area contributed by atoms with Crippen LogP contribution in [0.15, 0.2) is 35.3 Å². The summed E-state index contributed by atoms with van der Waals surface area (Å²) in [6.07, 6.45) is 0. The number of nitrogens with zero attached hydrogens (tertiary/aromatic N) is 2. The van der Waals surface area contributed by atoms with E-state index in [1.54, 1.807) is 29.7 Å². The quantitative estimate of drug-likeness (QED) is 0.495. The molecule has 10 heteroatoms. The summed E-state index contributed by atoms with van der Waals surface area (Å²) in [6, 6.07) is 8.28. The van der Waals surface area contributed by atoms with Crippen LogP contribution in [0.4, 0.5) is 0 Å². The summed E-state index contributed by atoms with van der Waals surface area (Å²) in [6.45, 7) is 1.90. The van der Waals surface area contributed by atoms with Gasteiger partial charge < -0.3 is 23.5 Å². The Kier molecular flexibility index (Phi) is 7.19. The Morgan fingerprint density at radius 2 is 1.74 bits per heavy atom. The van der Waals surface area contributed by atoms with Gasteiger partial charge in [0.25, 0.3) is 5.91 Å². The molecule has 1 heterocycles. The van der Waals surface area contributed by atoms with Crippen LogP contribution in [0.25, 0.3) is 10.2 Å². The van der Waals surface area contributed by atoms with E-state index in [0.717, 1.165) is 10.2 Å². The molecule has 0 saturated carbocycles. The second-order valence-electron chi connectivity index (χ2n) is 6.22. The molecule has 0 saturated heterocycles. The third-order valence-electron chi connectivity index (χ3n) is 4.35. The molecule has 3 rings (SSSR count). The fraction of sp³-hybridized carbons (Fsp3) is 0.286. The highest BCUT2D eigenvalue weighted by Gasteiger charge is 2.18. The smallest absolute Gasteiger partial charge is 0.326 e. The van der Waals surface area contributed by atoms with Gasteiger partial charge in [0.05, 0.1) is 38.2 Å². The summed E-state index contributed by atoms with van der Waals surface area (Å²) in [4.78, 5) is 29.7. The van der Waals surface area contributed by atoms with E-state index in [-0.39, 0.29) is 18.7 Å². The molecule has 0 radical (unpaired) electrons. The standard InChI is InChI=1S/C21H21ClN2O6S/c1-5-30-18(25)11-24-14-7-6-13(22)10-17(14)31-21(24)23-20(26)12-8-15(27-2)19(29-4)16(9-12)28-3/h6-10H,5,11H2,1-4H3. The number of carbonyl (C=O) groups excluding carboxylic acids is 2. The van der Waals surface area contributed by atoms with E-state index < -0.39 is 11.9 Å². The molecule has 0 unspecified atom stereocenters. The first kappa shape index (κ1) is 22.6. The molecule has 3 aromatic rings. The van der Waals surface area contributed by atoms with Crippen molar-refractivity contribution in [2.24, 2.45) is 4.99 Å². The Morgan fingerprint density at radius 3 is 2.32 bits per heavy atom. The maximum atomic E-state index is 13.0. The molecule has 0 bridgehead atoms. The Hall–Kier alpha value is -3.04.